The Hall–Kier alpha value is -2.06. The van der Waals surface area contributed by atoms with E-state index in [4.69, 9.17) is 4.74 Å². The molecule has 1 atom stereocenters. The lowest BCUT2D eigenvalue weighted by Gasteiger charge is -2.39. The molecule has 1 aliphatic rings. The highest BCUT2D eigenvalue weighted by Crippen LogP contribution is 2.32. The molecular weight excluding hydrogens is 314 g/mol. The molecule has 5 heteroatoms. The van der Waals surface area contributed by atoms with Crippen LogP contribution >= 0.6 is 0 Å². The number of ether oxygens (including phenoxy) is 1. The third-order valence-electron chi connectivity index (χ3n) is 5.10. The molecule has 1 aromatic carbocycles. The Morgan fingerprint density at radius 2 is 1.92 bits per heavy atom. The molecule has 0 radical (unpaired) electrons. The number of carbonyl (C=O) groups excluding carboxylic acids is 1. The van der Waals surface area contributed by atoms with Gasteiger partial charge in [0.05, 0.1) is 19.7 Å². The first-order valence-electron chi connectivity index (χ1n) is 9.21. The molecule has 0 spiro atoms. The average molecular weight is 344 g/mol. The van der Waals surface area contributed by atoms with E-state index in [0.717, 1.165) is 49.3 Å². The van der Waals surface area contributed by atoms with Gasteiger partial charge >= 0.3 is 0 Å². The van der Waals surface area contributed by atoms with Gasteiger partial charge in [-0.05, 0) is 44.0 Å². The Morgan fingerprint density at radius 1 is 1.28 bits per heavy atom. The molecule has 0 aromatic heterocycles. The fourth-order valence-electron chi connectivity index (χ4n) is 3.56. The van der Waals surface area contributed by atoms with E-state index in [1.165, 1.54) is 5.56 Å². The van der Waals surface area contributed by atoms with Gasteiger partial charge in [-0.1, -0.05) is 19.3 Å². The number of hydrogen-bond acceptors (Lipinski definition) is 3. The molecule has 1 saturated carbocycles. The minimum Gasteiger partial charge on any atom is -0.494 e. The number of benzene rings is 1. The fraction of sp³-hybridized carbons (Fsp3) is 0.600. The zero-order valence-electron chi connectivity index (χ0n) is 15.7. The van der Waals surface area contributed by atoms with Crippen molar-refractivity contribution in [2.75, 3.05) is 27.2 Å². The summed E-state index contributed by atoms with van der Waals surface area (Å²) in [5, 5.41) is 9.64. The van der Waals surface area contributed by atoms with Gasteiger partial charge < -0.3 is 14.5 Å². The zero-order valence-corrected chi connectivity index (χ0v) is 15.7. The Balaban J connectivity index is 1.91. The van der Waals surface area contributed by atoms with Crippen molar-refractivity contribution in [2.24, 2.45) is 0 Å². The summed E-state index contributed by atoms with van der Waals surface area (Å²) in [5.41, 5.74) is 0.568. The highest BCUT2D eigenvalue weighted by Gasteiger charge is 2.39. The normalized spacial score (nSPS) is 17.4. The second-order valence-electron chi connectivity index (χ2n) is 7.04. The largest absolute Gasteiger partial charge is 0.494 e. The van der Waals surface area contributed by atoms with Crippen LogP contribution in [0, 0.1) is 11.3 Å². The Labute approximate surface area is 151 Å². The van der Waals surface area contributed by atoms with Gasteiger partial charge in [0.25, 0.3) is 5.91 Å². The number of nitriles is 1. The first kappa shape index (κ1) is 19.3. The van der Waals surface area contributed by atoms with Crippen molar-refractivity contribution >= 4 is 5.91 Å². The van der Waals surface area contributed by atoms with E-state index in [0.29, 0.717) is 13.2 Å². The van der Waals surface area contributed by atoms with Crippen LogP contribution in [-0.2, 0) is 11.3 Å². The maximum atomic E-state index is 12.7. The molecule has 5 nitrogen and oxygen atoms in total. The SMILES string of the molecule is CCOc1ccc(C[NH+](C)CC(=O)N(C)C2(C#N)CCCCC2)cc1. The first-order valence-corrected chi connectivity index (χ1v) is 9.21. The second kappa shape index (κ2) is 8.87. The van der Waals surface area contributed by atoms with Crippen molar-refractivity contribution in [1.29, 1.82) is 5.26 Å². The molecule has 1 amide bonds. The van der Waals surface area contributed by atoms with E-state index in [9.17, 15) is 10.1 Å². The van der Waals surface area contributed by atoms with Gasteiger partial charge in [0, 0.05) is 12.6 Å². The average Bonchev–Trinajstić information content (AvgIpc) is 2.63. The van der Waals surface area contributed by atoms with E-state index in [2.05, 4.69) is 6.07 Å². The van der Waals surface area contributed by atoms with Crippen molar-refractivity contribution in [3.05, 3.63) is 29.8 Å². The van der Waals surface area contributed by atoms with Crippen molar-refractivity contribution in [3.8, 4) is 11.8 Å². The van der Waals surface area contributed by atoms with Gasteiger partial charge in [-0.25, -0.2) is 0 Å². The van der Waals surface area contributed by atoms with Crippen LogP contribution in [0.15, 0.2) is 24.3 Å². The number of quaternary nitrogens is 1. The molecule has 1 fully saturated rings. The van der Waals surface area contributed by atoms with E-state index >= 15 is 0 Å². The quantitative estimate of drug-likeness (QED) is 0.820. The van der Waals surface area contributed by atoms with E-state index in [1.54, 1.807) is 11.9 Å². The van der Waals surface area contributed by atoms with Crippen molar-refractivity contribution < 1.29 is 14.4 Å². The van der Waals surface area contributed by atoms with Gasteiger partial charge in [-0.15, -0.1) is 0 Å². The minimum atomic E-state index is -0.602. The van der Waals surface area contributed by atoms with Crippen LogP contribution in [0.2, 0.25) is 0 Å². The third-order valence-corrected chi connectivity index (χ3v) is 5.10. The Bertz CT molecular complexity index is 600. The van der Waals surface area contributed by atoms with E-state index < -0.39 is 5.54 Å². The number of hydrogen-bond donors (Lipinski definition) is 1. The van der Waals surface area contributed by atoms with Crippen LogP contribution in [0.4, 0.5) is 0 Å². The predicted octanol–water partition coefficient (Wildman–Crippen LogP) is 1.78. The number of nitrogens with zero attached hydrogens (tertiary/aromatic N) is 2. The molecule has 1 N–H and O–H groups in total. The summed E-state index contributed by atoms with van der Waals surface area (Å²) in [5.74, 6) is 0.917. The summed E-state index contributed by atoms with van der Waals surface area (Å²) in [6, 6.07) is 10.4. The summed E-state index contributed by atoms with van der Waals surface area (Å²) in [7, 11) is 3.81. The lowest BCUT2D eigenvalue weighted by Crippen LogP contribution is -3.09. The van der Waals surface area contributed by atoms with Crippen LogP contribution in [0.1, 0.15) is 44.6 Å². The van der Waals surface area contributed by atoms with Crippen molar-refractivity contribution in [2.45, 2.75) is 51.1 Å². The molecule has 1 aromatic rings. The number of carbonyl (C=O) groups is 1. The van der Waals surface area contributed by atoms with E-state index in [-0.39, 0.29) is 5.91 Å². The molecule has 0 aliphatic heterocycles. The lowest BCUT2D eigenvalue weighted by molar-refractivity contribution is -0.885. The first-order chi connectivity index (χ1) is 12.0. The molecule has 136 valence electrons. The highest BCUT2D eigenvalue weighted by atomic mass is 16.5. The number of amides is 1. The molecule has 0 bridgehead atoms. The van der Waals surface area contributed by atoms with Crippen LogP contribution in [0.5, 0.6) is 5.75 Å². The van der Waals surface area contributed by atoms with Gasteiger partial charge in [-0.3, -0.25) is 4.79 Å². The minimum absolute atomic E-state index is 0.0480. The molecule has 0 saturated heterocycles. The van der Waals surface area contributed by atoms with Gasteiger partial charge in [0.2, 0.25) is 0 Å². The second-order valence-corrected chi connectivity index (χ2v) is 7.04. The maximum absolute atomic E-state index is 12.7. The van der Waals surface area contributed by atoms with Crippen molar-refractivity contribution in [1.82, 2.24) is 4.90 Å². The summed E-state index contributed by atoms with van der Waals surface area (Å²) < 4.78 is 5.45. The molecule has 1 unspecified atom stereocenters. The lowest BCUT2D eigenvalue weighted by atomic mass is 9.81. The monoisotopic (exact) mass is 344 g/mol. The summed E-state index contributed by atoms with van der Waals surface area (Å²) in [6.07, 6.45) is 4.81. The number of likely N-dealkylation sites (N-methyl/N-ethyl adjacent to an activating group) is 2. The van der Waals surface area contributed by atoms with E-state index in [1.807, 2.05) is 38.2 Å². The molecule has 0 heterocycles. The van der Waals surface area contributed by atoms with Crippen LogP contribution < -0.4 is 9.64 Å². The van der Waals surface area contributed by atoms with Crippen LogP contribution in [0.25, 0.3) is 0 Å². The molecular formula is C20H30N3O2+. The van der Waals surface area contributed by atoms with Gasteiger partial charge in [0.1, 0.15) is 17.8 Å². The molecule has 25 heavy (non-hydrogen) atoms. The van der Waals surface area contributed by atoms with Crippen LogP contribution in [0.3, 0.4) is 0 Å². The van der Waals surface area contributed by atoms with Crippen molar-refractivity contribution in [3.63, 3.8) is 0 Å². The maximum Gasteiger partial charge on any atom is 0.278 e. The van der Waals surface area contributed by atoms with Gasteiger partial charge in [-0.2, -0.15) is 5.26 Å². The smallest absolute Gasteiger partial charge is 0.278 e. The summed E-state index contributed by atoms with van der Waals surface area (Å²) >= 11 is 0. The Kier molecular flexibility index (Phi) is 6.83. The zero-order chi connectivity index (χ0) is 18.3. The number of nitrogens with one attached hydrogen (secondary N) is 1. The third kappa shape index (κ3) is 4.96. The summed E-state index contributed by atoms with van der Waals surface area (Å²) in [6.45, 7) is 3.79. The highest BCUT2D eigenvalue weighted by molar-refractivity contribution is 5.78. The topological polar surface area (TPSA) is 57.8 Å². The Morgan fingerprint density at radius 3 is 2.48 bits per heavy atom. The number of rotatable bonds is 7. The van der Waals surface area contributed by atoms with Crippen LogP contribution in [-0.4, -0.2) is 43.6 Å². The van der Waals surface area contributed by atoms with Gasteiger partial charge in [0.15, 0.2) is 6.54 Å². The molecule has 1 aliphatic carbocycles. The standard InChI is InChI=1S/C20H29N3O2/c1-4-25-18-10-8-17(9-11-18)14-22(2)15-19(24)23(3)20(16-21)12-6-5-7-13-20/h8-11H,4-7,12-15H2,1-3H3/p+1. The summed E-state index contributed by atoms with van der Waals surface area (Å²) in [4.78, 5) is 15.5. The predicted molar refractivity (Wildman–Crippen MR) is 97.3 cm³/mol. The fourth-order valence-corrected chi connectivity index (χ4v) is 3.56. The molecule has 2 rings (SSSR count).